The molecule has 0 aromatic heterocycles. The van der Waals surface area contributed by atoms with E-state index >= 15 is 0 Å². The van der Waals surface area contributed by atoms with Crippen molar-refractivity contribution in [1.82, 2.24) is 0 Å². The lowest BCUT2D eigenvalue weighted by atomic mass is 10.9. The van der Waals surface area contributed by atoms with E-state index in [2.05, 4.69) is 20.0 Å². The van der Waals surface area contributed by atoms with Crippen LogP contribution in [0.4, 0.5) is 0 Å². The molecular weight excluding hydrogens is 128 g/mol. The molecule has 47 valence electrons. The Morgan fingerprint density at radius 3 is 2.38 bits per heavy atom. The Kier molecular flexibility index (Phi) is 5.87. The summed E-state index contributed by atoms with van der Waals surface area (Å²) in [5.74, 6) is 0. The largest absolute Gasteiger partial charge is 0.0713 e. The third-order valence-electron chi connectivity index (χ3n) is 1.05. The van der Waals surface area contributed by atoms with Crippen LogP contribution in [-0.4, -0.2) is 18.3 Å². The van der Waals surface area contributed by atoms with Crippen molar-refractivity contribution in [3.63, 3.8) is 0 Å². The molecule has 0 heterocycles. The van der Waals surface area contributed by atoms with E-state index < -0.39 is 0 Å². The summed E-state index contributed by atoms with van der Waals surface area (Å²) in [4.78, 5) is 0. The van der Waals surface area contributed by atoms with E-state index in [-0.39, 0.29) is 8.80 Å². The highest BCUT2D eigenvalue weighted by atomic mass is 28.3. The molecule has 0 aliphatic rings. The Bertz CT molecular complexity index is 43.8. The van der Waals surface area contributed by atoms with Crippen LogP contribution in [0.25, 0.3) is 0 Å². The van der Waals surface area contributed by atoms with Crippen molar-refractivity contribution in [3.05, 3.63) is 0 Å². The quantitative estimate of drug-likeness (QED) is 0.418. The third-order valence-corrected chi connectivity index (χ3v) is 3.91. The SMILES string of the molecule is CC[Si]CC[Si](C)C. The van der Waals surface area contributed by atoms with E-state index in [0.717, 1.165) is 0 Å². The van der Waals surface area contributed by atoms with E-state index in [4.69, 9.17) is 0 Å². The first-order chi connectivity index (χ1) is 3.77. The molecule has 0 atom stereocenters. The normalized spacial score (nSPS) is 10.5. The van der Waals surface area contributed by atoms with Crippen LogP contribution in [0, 0.1) is 0 Å². The monoisotopic (exact) mass is 143 g/mol. The highest BCUT2D eigenvalue weighted by molar-refractivity contribution is 6.57. The van der Waals surface area contributed by atoms with Crippen molar-refractivity contribution in [2.45, 2.75) is 38.2 Å². The standard InChI is InChI=1S/C6H15Si2/c1-4-7-5-6-8(2)3/h4-6H2,1-3H3. The first-order valence-corrected chi connectivity index (χ1v) is 7.39. The maximum absolute atomic E-state index is 2.39. The second-order valence-electron chi connectivity index (χ2n) is 2.31. The summed E-state index contributed by atoms with van der Waals surface area (Å²) in [7, 11) is 1.33. The molecular formula is C6H15Si2. The lowest BCUT2D eigenvalue weighted by Crippen LogP contribution is -1.99. The van der Waals surface area contributed by atoms with Crippen LogP contribution in [0.3, 0.4) is 0 Å². The maximum Gasteiger partial charge on any atom is 0.0409 e. The van der Waals surface area contributed by atoms with Crippen molar-refractivity contribution in [3.8, 4) is 0 Å². The van der Waals surface area contributed by atoms with E-state index in [1.807, 2.05) is 0 Å². The van der Waals surface area contributed by atoms with Crippen LogP contribution in [0.1, 0.15) is 6.92 Å². The van der Waals surface area contributed by atoms with Crippen molar-refractivity contribution in [2.24, 2.45) is 0 Å². The number of rotatable bonds is 4. The average molecular weight is 143 g/mol. The average Bonchev–Trinajstić information content (AvgIpc) is 1.66. The Balaban J connectivity index is 2.72. The van der Waals surface area contributed by atoms with Gasteiger partial charge in [0.25, 0.3) is 0 Å². The van der Waals surface area contributed by atoms with Gasteiger partial charge in [-0.2, -0.15) is 0 Å². The first-order valence-electron chi connectivity index (χ1n) is 3.27. The highest BCUT2D eigenvalue weighted by Crippen LogP contribution is 1.97. The smallest absolute Gasteiger partial charge is 0.0409 e. The molecule has 0 saturated carbocycles. The topological polar surface area (TPSA) is 0 Å². The predicted octanol–water partition coefficient (Wildman–Crippen LogP) is 2.30. The minimum absolute atomic E-state index is 0.0999. The molecule has 0 bridgehead atoms. The number of hydrogen-bond acceptors (Lipinski definition) is 0. The minimum Gasteiger partial charge on any atom is -0.0713 e. The van der Waals surface area contributed by atoms with Crippen LogP contribution in [0.2, 0.25) is 31.2 Å². The summed E-state index contributed by atoms with van der Waals surface area (Å²) in [5, 5.41) is 0. The lowest BCUT2D eigenvalue weighted by Gasteiger charge is -1.97. The molecule has 0 N–H and O–H groups in total. The Hall–Kier alpha value is 0.434. The molecule has 0 aliphatic carbocycles. The maximum atomic E-state index is 2.39. The summed E-state index contributed by atoms with van der Waals surface area (Å²) < 4.78 is 0. The molecule has 2 heteroatoms. The summed E-state index contributed by atoms with van der Waals surface area (Å²) >= 11 is 0. The fraction of sp³-hybridized carbons (Fsp3) is 1.00. The molecule has 0 saturated heterocycles. The van der Waals surface area contributed by atoms with E-state index in [1.165, 1.54) is 27.7 Å². The van der Waals surface area contributed by atoms with Gasteiger partial charge in [-0.1, -0.05) is 38.2 Å². The molecule has 3 radical (unpaired) electrons. The van der Waals surface area contributed by atoms with Crippen molar-refractivity contribution < 1.29 is 0 Å². The Morgan fingerprint density at radius 1 is 1.38 bits per heavy atom. The zero-order chi connectivity index (χ0) is 6.41. The minimum atomic E-state index is 0.0999. The van der Waals surface area contributed by atoms with Gasteiger partial charge in [-0.05, 0) is 0 Å². The predicted molar refractivity (Wildman–Crippen MR) is 43.3 cm³/mol. The second kappa shape index (κ2) is 5.57. The van der Waals surface area contributed by atoms with Crippen molar-refractivity contribution in [1.29, 1.82) is 0 Å². The molecule has 0 amide bonds. The van der Waals surface area contributed by atoms with Gasteiger partial charge < -0.3 is 0 Å². The highest BCUT2D eigenvalue weighted by Gasteiger charge is 1.93. The molecule has 0 unspecified atom stereocenters. The molecule has 8 heavy (non-hydrogen) atoms. The Morgan fingerprint density at radius 2 is 2.00 bits per heavy atom. The van der Waals surface area contributed by atoms with Gasteiger partial charge in [0.15, 0.2) is 0 Å². The Labute approximate surface area is 57.1 Å². The van der Waals surface area contributed by atoms with Gasteiger partial charge in [-0.25, -0.2) is 0 Å². The van der Waals surface area contributed by atoms with Crippen LogP contribution < -0.4 is 0 Å². The van der Waals surface area contributed by atoms with Gasteiger partial charge in [-0.15, -0.1) is 0 Å². The molecule has 0 nitrogen and oxygen atoms in total. The third kappa shape index (κ3) is 6.43. The van der Waals surface area contributed by atoms with Crippen LogP contribution in [0.15, 0.2) is 0 Å². The lowest BCUT2D eigenvalue weighted by molar-refractivity contribution is 1.33. The van der Waals surface area contributed by atoms with Crippen LogP contribution in [-0.2, 0) is 0 Å². The fourth-order valence-electron chi connectivity index (χ4n) is 0.515. The van der Waals surface area contributed by atoms with Crippen LogP contribution in [0.5, 0.6) is 0 Å². The van der Waals surface area contributed by atoms with Gasteiger partial charge in [0.05, 0.1) is 0 Å². The van der Waals surface area contributed by atoms with E-state index in [9.17, 15) is 0 Å². The van der Waals surface area contributed by atoms with Crippen molar-refractivity contribution in [2.75, 3.05) is 0 Å². The second-order valence-corrected chi connectivity index (χ2v) is 6.93. The summed E-state index contributed by atoms with van der Waals surface area (Å²) in [5.41, 5.74) is 0. The molecule has 0 fully saturated rings. The van der Waals surface area contributed by atoms with E-state index in [0.29, 0.717) is 0 Å². The first kappa shape index (κ1) is 8.43. The fourth-order valence-corrected chi connectivity index (χ4v) is 3.58. The molecule has 0 spiro atoms. The van der Waals surface area contributed by atoms with Gasteiger partial charge >= 0.3 is 0 Å². The summed E-state index contributed by atoms with van der Waals surface area (Å²) in [6.07, 6.45) is 0. The summed E-state index contributed by atoms with van der Waals surface area (Å²) in [6, 6.07) is 4.42. The molecule has 0 aromatic rings. The van der Waals surface area contributed by atoms with Crippen molar-refractivity contribution >= 4 is 18.3 Å². The molecule has 0 rings (SSSR count). The molecule has 0 aromatic carbocycles. The van der Waals surface area contributed by atoms with E-state index in [1.54, 1.807) is 0 Å². The van der Waals surface area contributed by atoms with Gasteiger partial charge in [0.2, 0.25) is 0 Å². The van der Waals surface area contributed by atoms with Gasteiger partial charge in [-0.3, -0.25) is 0 Å². The van der Waals surface area contributed by atoms with Gasteiger partial charge in [0, 0.05) is 18.3 Å². The summed E-state index contributed by atoms with van der Waals surface area (Å²) in [6.45, 7) is 7.06. The van der Waals surface area contributed by atoms with Gasteiger partial charge in [0.1, 0.15) is 0 Å². The zero-order valence-corrected chi connectivity index (χ0v) is 8.12. The molecule has 0 aliphatic heterocycles. The number of hydrogen-bond donors (Lipinski definition) is 0. The zero-order valence-electron chi connectivity index (χ0n) is 6.12. The van der Waals surface area contributed by atoms with Crippen LogP contribution >= 0.6 is 0 Å².